The average Bonchev–Trinajstić information content (AvgIpc) is 2.93. The van der Waals surface area contributed by atoms with Crippen LogP contribution in [0.4, 0.5) is 17.2 Å². The minimum atomic E-state index is 0.266. The molecule has 0 fully saturated rings. The summed E-state index contributed by atoms with van der Waals surface area (Å²) in [5.41, 5.74) is 7.93. The largest absolute Gasteiger partial charge is 0.396 e. The van der Waals surface area contributed by atoms with Crippen molar-refractivity contribution in [1.82, 2.24) is 14.6 Å². The van der Waals surface area contributed by atoms with E-state index in [0.717, 1.165) is 0 Å². The SMILES string of the molecule is N#Cc1ccc(Cl)c(Nc2cc(N)c3ncc(C#N)n3n2)c1. The van der Waals surface area contributed by atoms with Crippen LogP contribution in [0.5, 0.6) is 0 Å². The van der Waals surface area contributed by atoms with Gasteiger partial charge in [-0.2, -0.15) is 15.0 Å². The highest BCUT2D eigenvalue weighted by atomic mass is 35.5. The van der Waals surface area contributed by atoms with Crippen molar-refractivity contribution < 1.29 is 0 Å². The predicted octanol–water partition coefficient (Wildman–Crippen LogP) is 2.45. The van der Waals surface area contributed by atoms with E-state index in [2.05, 4.69) is 15.4 Å². The lowest BCUT2D eigenvalue weighted by Gasteiger charge is -2.09. The molecule has 0 radical (unpaired) electrons. The number of hydrogen-bond donors (Lipinski definition) is 2. The molecule has 0 aliphatic rings. The maximum Gasteiger partial charge on any atom is 0.178 e. The van der Waals surface area contributed by atoms with Crippen molar-refractivity contribution in [1.29, 1.82) is 10.5 Å². The molecule has 3 N–H and O–H groups in total. The number of nitrogens with one attached hydrogen (secondary N) is 1. The number of nitrogens with two attached hydrogens (primary N) is 1. The number of nitriles is 2. The molecule has 7 nitrogen and oxygen atoms in total. The summed E-state index contributed by atoms with van der Waals surface area (Å²) >= 11 is 6.10. The summed E-state index contributed by atoms with van der Waals surface area (Å²) in [6.07, 6.45) is 1.39. The smallest absolute Gasteiger partial charge is 0.178 e. The lowest BCUT2D eigenvalue weighted by molar-refractivity contribution is 0.928. The molecule has 2 heterocycles. The van der Waals surface area contributed by atoms with E-state index in [9.17, 15) is 0 Å². The molecular formula is C14H8ClN7. The Balaban J connectivity index is 2.08. The molecule has 0 amide bonds. The highest BCUT2D eigenvalue weighted by Crippen LogP contribution is 2.27. The monoisotopic (exact) mass is 309 g/mol. The van der Waals surface area contributed by atoms with Gasteiger partial charge in [-0.3, -0.25) is 0 Å². The number of halogens is 1. The maximum absolute atomic E-state index is 9.04. The maximum atomic E-state index is 9.04. The first-order valence-corrected chi connectivity index (χ1v) is 6.51. The second-order valence-corrected chi connectivity index (χ2v) is 4.81. The summed E-state index contributed by atoms with van der Waals surface area (Å²) in [7, 11) is 0. The number of benzene rings is 1. The third-order valence-electron chi connectivity index (χ3n) is 2.97. The van der Waals surface area contributed by atoms with Gasteiger partial charge in [-0.15, -0.1) is 5.10 Å². The van der Waals surface area contributed by atoms with Crippen LogP contribution in [-0.2, 0) is 0 Å². The van der Waals surface area contributed by atoms with Crippen LogP contribution in [-0.4, -0.2) is 14.6 Å². The number of hydrogen-bond acceptors (Lipinski definition) is 6. The van der Waals surface area contributed by atoms with Crippen LogP contribution in [0.25, 0.3) is 5.65 Å². The Morgan fingerprint density at radius 3 is 2.77 bits per heavy atom. The Labute approximate surface area is 130 Å². The first kappa shape index (κ1) is 13.7. The quantitative estimate of drug-likeness (QED) is 0.751. The van der Waals surface area contributed by atoms with Gasteiger partial charge in [0.1, 0.15) is 6.07 Å². The fraction of sp³-hybridized carbons (Fsp3) is 0. The number of nitrogens with zero attached hydrogens (tertiary/aromatic N) is 5. The molecule has 8 heteroatoms. The van der Waals surface area contributed by atoms with Crippen LogP contribution in [0, 0.1) is 22.7 Å². The third-order valence-corrected chi connectivity index (χ3v) is 3.30. The number of rotatable bonds is 2. The molecule has 0 saturated carbocycles. The molecular weight excluding hydrogens is 302 g/mol. The Hall–Kier alpha value is -3.29. The van der Waals surface area contributed by atoms with Crippen molar-refractivity contribution in [2.45, 2.75) is 0 Å². The number of aromatic nitrogens is 3. The summed E-state index contributed by atoms with van der Waals surface area (Å²) in [4.78, 5) is 4.04. The van der Waals surface area contributed by atoms with Gasteiger partial charge in [-0.05, 0) is 18.2 Å². The molecule has 1 aromatic carbocycles. The lowest BCUT2D eigenvalue weighted by Crippen LogP contribution is -2.04. The van der Waals surface area contributed by atoms with E-state index in [4.69, 9.17) is 27.9 Å². The van der Waals surface area contributed by atoms with Gasteiger partial charge in [0.25, 0.3) is 0 Å². The molecule has 0 aliphatic carbocycles. The van der Waals surface area contributed by atoms with E-state index < -0.39 is 0 Å². The Morgan fingerprint density at radius 1 is 1.23 bits per heavy atom. The van der Waals surface area contributed by atoms with Crippen LogP contribution in [0.3, 0.4) is 0 Å². The number of nitrogen functional groups attached to an aromatic ring is 1. The fourth-order valence-electron chi connectivity index (χ4n) is 1.96. The zero-order valence-corrected chi connectivity index (χ0v) is 11.8. The van der Waals surface area contributed by atoms with Gasteiger partial charge in [0.2, 0.25) is 0 Å². The zero-order chi connectivity index (χ0) is 15.7. The van der Waals surface area contributed by atoms with Crippen molar-refractivity contribution in [3.8, 4) is 12.1 Å². The summed E-state index contributed by atoms with van der Waals surface area (Å²) < 4.78 is 1.35. The van der Waals surface area contributed by atoms with Gasteiger partial charge < -0.3 is 11.1 Å². The molecule has 0 spiro atoms. The van der Waals surface area contributed by atoms with E-state index in [1.807, 2.05) is 12.1 Å². The minimum Gasteiger partial charge on any atom is -0.396 e. The lowest BCUT2D eigenvalue weighted by atomic mass is 10.2. The van der Waals surface area contributed by atoms with Gasteiger partial charge in [0.15, 0.2) is 17.2 Å². The Morgan fingerprint density at radius 2 is 2.05 bits per heavy atom. The fourth-order valence-corrected chi connectivity index (χ4v) is 2.12. The van der Waals surface area contributed by atoms with Crippen molar-refractivity contribution in [2.24, 2.45) is 0 Å². The molecule has 3 aromatic rings. The van der Waals surface area contributed by atoms with Crippen LogP contribution in [0.1, 0.15) is 11.3 Å². The van der Waals surface area contributed by atoms with E-state index in [0.29, 0.717) is 33.4 Å². The summed E-state index contributed by atoms with van der Waals surface area (Å²) in [6, 6.07) is 10.4. The molecule has 22 heavy (non-hydrogen) atoms. The highest BCUT2D eigenvalue weighted by Gasteiger charge is 2.10. The van der Waals surface area contributed by atoms with Crippen LogP contribution >= 0.6 is 11.6 Å². The van der Waals surface area contributed by atoms with Crippen molar-refractivity contribution in [3.63, 3.8) is 0 Å². The second-order valence-electron chi connectivity index (χ2n) is 4.41. The van der Waals surface area contributed by atoms with E-state index in [1.165, 1.54) is 10.7 Å². The first-order valence-electron chi connectivity index (χ1n) is 6.13. The summed E-state index contributed by atoms with van der Waals surface area (Å²) in [5, 5.41) is 25.7. The van der Waals surface area contributed by atoms with Gasteiger partial charge in [-0.1, -0.05) is 11.6 Å². The van der Waals surface area contributed by atoms with Crippen LogP contribution in [0.15, 0.2) is 30.5 Å². The van der Waals surface area contributed by atoms with Gasteiger partial charge >= 0.3 is 0 Å². The minimum absolute atomic E-state index is 0.266. The van der Waals surface area contributed by atoms with Crippen LogP contribution in [0.2, 0.25) is 5.02 Å². The first-order chi connectivity index (χ1) is 10.6. The van der Waals surface area contributed by atoms with Crippen molar-refractivity contribution >= 4 is 34.4 Å². The molecule has 0 aliphatic heterocycles. The van der Waals surface area contributed by atoms with Gasteiger partial charge in [0.05, 0.1) is 34.2 Å². The molecule has 0 bridgehead atoms. The molecule has 0 unspecified atom stereocenters. The number of imidazole rings is 1. The molecule has 3 rings (SSSR count). The Kier molecular flexibility index (Phi) is 3.26. The number of anilines is 3. The van der Waals surface area contributed by atoms with Gasteiger partial charge in [0, 0.05) is 6.07 Å². The number of fused-ring (bicyclic) bond motifs is 1. The summed E-state index contributed by atoms with van der Waals surface area (Å²) in [6.45, 7) is 0. The van der Waals surface area contributed by atoms with E-state index in [-0.39, 0.29) is 5.69 Å². The standard InChI is InChI=1S/C14H8ClN7/c15-10-2-1-8(5-16)3-12(10)20-13-4-11(18)14-19-7-9(6-17)22(14)21-13/h1-4,7H,18H2,(H,20,21). The molecule has 106 valence electrons. The average molecular weight is 310 g/mol. The predicted molar refractivity (Wildman–Crippen MR) is 81.6 cm³/mol. The highest BCUT2D eigenvalue weighted by molar-refractivity contribution is 6.33. The van der Waals surface area contributed by atoms with Crippen molar-refractivity contribution in [2.75, 3.05) is 11.1 Å². The Bertz CT molecular complexity index is 962. The topological polar surface area (TPSA) is 116 Å². The normalized spacial score (nSPS) is 10.1. The van der Waals surface area contributed by atoms with E-state index >= 15 is 0 Å². The van der Waals surface area contributed by atoms with E-state index in [1.54, 1.807) is 24.3 Å². The molecule has 0 atom stereocenters. The zero-order valence-electron chi connectivity index (χ0n) is 11.1. The van der Waals surface area contributed by atoms with Crippen molar-refractivity contribution in [3.05, 3.63) is 46.7 Å². The van der Waals surface area contributed by atoms with Gasteiger partial charge in [-0.25, -0.2) is 4.98 Å². The third kappa shape index (κ3) is 2.26. The molecule has 2 aromatic heterocycles. The molecule has 0 saturated heterocycles. The second kappa shape index (κ2) is 5.24. The summed E-state index contributed by atoms with van der Waals surface area (Å²) in [5.74, 6) is 0.386. The van der Waals surface area contributed by atoms with Crippen LogP contribution < -0.4 is 11.1 Å².